The van der Waals surface area contributed by atoms with Crippen LogP contribution in [-0.2, 0) is 0 Å². The van der Waals surface area contributed by atoms with Crippen LogP contribution in [0.1, 0.15) is 0 Å². The summed E-state index contributed by atoms with van der Waals surface area (Å²) in [6, 6.07) is 6.12. The van der Waals surface area contributed by atoms with Crippen molar-refractivity contribution in [2.24, 2.45) is 5.84 Å². The van der Waals surface area contributed by atoms with Crippen molar-refractivity contribution in [3.63, 3.8) is 0 Å². The van der Waals surface area contributed by atoms with E-state index < -0.39 is 6.61 Å². The number of halogens is 2. The summed E-state index contributed by atoms with van der Waals surface area (Å²) in [6.07, 6.45) is 0. The zero-order valence-electron chi connectivity index (χ0n) is 10.9. The van der Waals surface area contributed by atoms with Crippen LogP contribution in [0.2, 0.25) is 0 Å². The first kappa shape index (κ1) is 14.7. The van der Waals surface area contributed by atoms with Gasteiger partial charge < -0.3 is 14.8 Å². The molecule has 0 saturated heterocycles. The Bertz CT molecular complexity index is 591. The average molecular weight is 298 g/mol. The Kier molecular flexibility index (Phi) is 4.61. The van der Waals surface area contributed by atoms with Crippen LogP contribution in [0.4, 0.5) is 26.4 Å². The topological polar surface area (TPSA) is 107 Å². The molecule has 1 heterocycles. The van der Waals surface area contributed by atoms with E-state index in [1.807, 2.05) is 0 Å². The minimum absolute atomic E-state index is 0.00714. The Morgan fingerprint density at radius 2 is 1.86 bits per heavy atom. The molecule has 8 nitrogen and oxygen atoms in total. The predicted molar refractivity (Wildman–Crippen MR) is 70.5 cm³/mol. The molecule has 10 heteroatoms. The van der Waals surface area contributed by atoms with E-state index in [-0.39, 0.29) is 29.3 Å². The second-order valence-electron chi connectivity index (χ2n) is 3.61. The Morgan fingerprint density at radius 3 is 2.52 bits per heavy atom. The lowest BCUT2D eigenvalue weighted by Gasteiger charge is -2.12. The van der Waals surface area contributed by atoms with Crippen LogP contribution in [0, 0.1) is 0 Å². The first-order chi connectivity index (χ1) is 10.1. The van der Waals surface area contributed by atoms with E-state index in [1.165, 1.54) is 19.2 Å². The number of hydrazine groups is 1. The lowest BCUT2D eigenvalue weighted by atomic mass is 10.3. The maximum Gasteiger partial charge on any atom is 0.387 e. The number of hydrogen-bond donors (Lipinski definition) is 3. The molecule has 0 aliphatic carbocycles. The Balaban J connectivity index is 2.29. The maximum atomic E-state index is 12.3. The van der Waals surface area contributed by atoms with Crippen molar-refractivity contribution < 1.29 is 18.3 Å². The normalized spacial score (nSPS) is 10.3. The van der Waals surface area contributed by atoms with Crippen LogP contribution in [-0.4, -0.2) is 28.7 Å². The molecule has 4 N–H and O–H groups in total. The molecule has 0 amide bonds. The van der Waals surface area contributed by atoms with Crippen LogP contribution in [0.15, 0.2) is 24.3 Å². The Labute approximate surface area is 118 Å². The maximum absolute atomic E-state index is 12.3. The highest BCUT2D eigenvalue weighted by atomic mass is 19.3. The minimum atomic E-state index is -2.94. The highest BCUT2D eigenvalue weighted by Crippen LogP contribution is 2.28. The van der Waals surface area contributed by atoms with Gasteiger partial charge in [-0.15, -0.1) is 0 Å². The van der Waals surface area contributed by atoms with E-state index in [4.69, 9.17) is 10.6 Å². The molecule has 0 atom stereocenters. The molecule has 0 fully saturated rings. The van der Waals surface area contributed by atoms with Crippen molar-refractivity contribution in [1.82, 2.24) is 15.0 Å². The summed E-state index contributed by atoms with van der Waals surface area (Å²) in [5.41, 5.74) is 2.50. The molecule has 0 aliphatic rings. The fraction of sp³-hybridized carbons (Fsp3) is 0.182. The van der Waals surface area contributed by atoms with Gasteiger partial charge in [-0.05, 0) is 12.1 Å². The number of nitrogen functional groups attached to an aromatic ring is 1. The number of hydrogen-bond acceptors (Lipinski definition) is 8. The summed E-state index contributed by atoms with van der Waals surface area (Å²) in [4.78, 5) is 11.7. The fourth-order valence-corrected chi connectivity index (χ4v) is 1.46. The number of anilines is 3. The number of nitrogens with one attached hydrogen (secondary N) is 2. The van der Waals surface area contributed by atoms with Crippen LogP contribution in [0.25, 0.3) is 0 Å². The number of para-hydroxylation sites is 2. The molecule has 21 heavy (non-hydrogen) atoms. The zero-order valence-corrected chi connectivity index (χ0v) is 10.9. The first-order valence-electron chi connectivity index (χ1n) is 5.70. The molecule has 0 radical (unpaired) electrons. The summed E-state index contributed by atoms with van der Waals surface area (Å²) in [7, 11) is 1.37. The largest absolute Gasteiger partial charge is 0.467 e. The molecular weight excluding hydrogens is 286 g/mol. The van der Waals surface area contributed by atoms with Crippen molar-refractivity contribution in [3.05, 3.63) is 24.3 Å². The molecule has 0 aliphatic heterocycles. The third-order valence-corrected chi connectivity index (χ3v) is 2.28. The van der Waals surface area contributed by atoms with Crippen LogP contribution in [0.3, 0.4) is 0 Å². The van der Waals surface area contributed by atoms with Gasteiger partial charge in [-0.2, -0.15) is 23.7 Å². The SMILES string of the molecule is COc1nc(NN)nc(Nc2ccccc2OC(F)F)n1. The van der Waals surface area contributed by atoms with Gasteiger partial charge in [-0.1, -0.05) is 12.1 Å². The average Bonchev–Trinajstić information content (AvgIpc) is 2.48. The third kappa shape index (κ3) is 3.86. The van der Waals surface area contributed by atoms with Crippen molar-refractivity contribution in [1.29, 1.82) is 0 Å². The standard InChI is InChI=1S/C11H12F2N6O2/c1-20-11-17-9(16-10(18-11)19-14)15-6-4-2-3-5-7(6)21-8(12)13/h2-5,8H,14H2,1H3,(H2,15,16,17,18,19). The fourth-order valence-electron chi connectivity index (χ4n) is 1.46. The second kappa shape index (κ2) is 6.61. The number of rotatable bonds is 6. The third-order valence-electron chi connectivity index (χ3n) is 2.28. The van der Waals surface area contributed by atoms with E-state index in [0.717, 1.165) is 0 Å². The van der Waals surface area contributed by atoms with E-state index in [1.54, 1.807) is 12.1 Å². The lowest BCUT2D eigenvalue weighted by molar-refractivity contribution is -0.0493. The number of aromatic nitrogens is 3. The van der Waals surface area contributed by atoms with Crippen molar-refractivity contribution in [2.75, 3.05) is 17.9 Å². The second-order valence-corrected chi connectivity index (χ2v) is 3.61. The molecule has 2 aromatic rings. The van der Waals surface area contributed by atoms with Crippen molar-refractivity contribution in [3.8, 4) is 11.8 Å². The first-order valence-corrected chi connectivity index (χ1v) is 5.70. The van der Waals surface area contributed by atoms with Gasteiger partial charge in [0.25, 0.3) is 0 Å². The van der Waals surface area contributed by atoms with E-state index >= 15 is 0 Å². The summed E-state index contributed by atoms with van der Waals surface area (Å²) < 4.78 is 34.0. The van der Waals surface area contributed by atoms with Crippen LogP contribution < -0.4 is 26.1 Å². The summed E-state index contributed by atoms with van der Waals surface area (Å²) in [5.74, 6) is 5.28. The van der Waals surface area contributed by atoms with Gasteiger partial charge in [0, 0.05) is 0 Å². The predicted octanol–water partition coefficient (Wildman–Crippen LogP) is 1.51. The summed E-state index contributed by atoms with van der Waals surface area (Å²) >= 11 is 0. The molecular formula is C11H12F2N6O2. The highest BCUT2D eigenvalue weighted by Gasteiger charge is 2.12. The molecule has 2 rings (SSSR count). The highest BCUT2D eigenvalue weighted by molar-refractivity contribution is 5.62. The van der Waals surface area contributed by atoms with Crippen molar-refractivity contribution >= 4 is 17.6 Å². The lowest BCUT2D eigenvalue weighted by Crippen LogP contribution is -2.13. The molecule has 112 valence electrons. The van der Waals surface area contributed by atoms with E-state index in [0.29, 0.717) is 0 Å². The quantitative estimate of drug-likeness (QED) is 0.544. The van der Waals surface area contributed by atoms with Gasteiger partial charge in [0.2, 0.25) is 11.9 Å². The Hall–Kier alpha value is -2.75. The minimum Gasteiger partial charge on any atom is -0.467 e. The smallest absolute Gasteiger partial charge is 0.387 e. The van der Waals surface area contributed by atoms with E-state index in [2.05, 4.69) is 30.4 Å². The molecule has 1 aromatic heterocycles. The number of alkyl halides is 2. The van der Waals surface area contributed by atoms with Crippen molar-refractivity contribution in [2.45, 2.75) is 6.61 Å². The van der Waals surface area contributed by atoms with Gasteiger partial charge in [-0.25, -0.2) is 5.84 Å². The van der Waals surface area contributed by atoms with Gasteiger partial charge >= 0.3 is 12.6 Å². The van der Waals surface area contributed by atoms with E-state index in [9.17, 15) is 8.78 Å². The number of nitrogens with two attached hydrogens (primary N) is 1. The number of benzene rings is 1. The van der Waals surface area contributed by atoms with Gasteiger partial charge in [0.05, 0.1) is 12.8 Å². The molecule has 1 aromatic carbocycles. The number of ether oxygens (including phenoxy) is 2. The van der Waals surface area contributed by atoms with Gasteiger partial charge in [0.1, 0.15) is 5.75 Å². The van der Waals surface area contributed by atoms with Crippen LogP contribution in [0.5, 0.6) is 11.8 Å². The Morgan fingerprint density at radius 1 is 1.14 bits per heavy atom. The van der Waals surface area contributed by atoms with Gasteiger partial charge in [-0.3, -0.25) is 5.43 Å². The molecule has 0 unspecified atom stereocenters. The monoisotopic (exact) mass is 298 g/mol. The summed E-state index contributed by atoms with van der Waals surface area (Å²) in [6.45, 7) is -2.94. The molecule has 0 bridgehead atoms. The summed E-state index contributed by atoms with van der Waals surface area (Å²) in [5, 5.41) is 2.73. The van der Waals surface area contributed by atoms with Crippen LogP contribution >= 0.6 is 0 Å². The van der Waals surface area contributed by atoms with Gasteiger partial charge in [0.15, 0.2) is 0 Å². The zero-order chi connectivity index (χ0) is 15.2. The molecule has 0 saturated carbocycles. The number of nitrogens with zero attached hydrogens (tertiary/aromatic N) is 3. The number of methoxy groups -OCH3 is 1. The molecule has 0 spiro atoms.